The smallest absolute Gasteiger partial charge is 0.333 e. The number of aliphatic hydroxyl groups excluding tert-OH is 4. The Morgan fingerprint density at radius 1 is 1.21 bits per heavy atom. The Bertz CT molecular complexity index is 1340. The van der Waals surface area contributed by atoms with Crippen LogP contribution in [0, 0.1) is 17.3 Å². The maximum absolute atomic E-state index is 12.8. The molecule has 2 fully saturated rings. The van der Waals surface area contributed by atoms with Gasteiger partial charge in [0.1, 0.15) is 18.3 Å². The summed E-state index contributed by atoms with van der Waals surface area (Å²) in [5, 5.41) is 53.8. The van der Waals surface area contributed by atoms with Crippen molar-refractivity contribution in [2.45, 2.75) is 74.8 Å². The lowest BCUT2D eigenvalue weighted by molar-refractivity contribution is -0.335. The van der Waals surface area contributed by atoms with Gasteiger partial charge in [-0.2, -0.15) is 6.20 Å². The zero-order valence-corrected chi connectivity index (χ0v) is 23.4. The predicted octanol–water partition coefficient (Wildman–Crippen LogP) is -0.925. The quantitative estimate of drug-likeness (QED) is 0.177. The summed E-state index contributed by atoms with van der Waals surface area (Å²) in [6, 6.07) is 1.70. The van der Waals surface area contributed by atoms with Gasteiger partial charge in [-0.25, -0.2) is 4.79 Å². The van der Waals surface area contributed by atoms with E-state index < -0.39 is 72.1 Å². The van der Waals surface area contributed by atoms with Crippen LogP contribution in [0.5, 0.6) is 0 Å². The Labute approximate surface area is 242 Å². The molecule has 0 amide bonds. The Balaban J connectivity index is 1.51. The number of methoxy groups -OCH3 is 1. The highest BCUT2D eigenvalue weighted by molar-refractivity contribution is 5.90. The average Bonchev–Trinajstić information content (AvgIpc) is 3.65. The number of hydrogen-bond donors (Lipinski definition) is 5. The van der Waals surface area contributed by atoms with Crippen molar-refractivity contribution in [3.63, 3.8) is 0 Å². The number of carbonyl (C=O) groups excluding carboxylic acids is 1. The second-order valence-corrected chi connectivity index (χ2v) is 11.5. The molecular formula is C30H38NO11-. The molecule has 8 atom stereocenters. The van der Waals surface area contributed by atoms with Crippen LogP contribution >= 0.6 is 0 Å². The molecule has 3 heterocycles. The van der Waals surface area contributed by atoms with E-state index in [-0.39, 0.29) is 30.8 Å². The first-order valence-electron chi connectivity index (χ1n) is 14.2. The molecule has 5 rings (SSSR count). The van der Waals surface area contributed by atoms with Crippen LogP contribution in [0.1, 0.15) is 38.5 Å². The third kappa shape index (κ3) is 4.99. The average molecular weight is 589 g/mol. The van der Waals surface area contributed by atoms with Gasteiger partial charge < -0.3 is 49.5 Å². The van der Waals surface area contributed by atoms with E-state index in [9.17, 15) is 35.1 Å². The second kappa shape index (κ2) is 11.9. The second-order valence-electron chi connectivity index (χ2n) is 11.5. The molecule has 4 aliphatic rings. The number of carbonyl (C=O) groups is 2. The highest BCUT2D eigenvalue weighted by Gasteiger charge is 2.60. The summed E-state index contributed by atoms with van der Waals surface area (Å²) >= 11 is 0. The molecule has 5 N–H and O–H groups in total. The summed E-state index contributed by atoms with van der Waals surface area (Å²) in [5.41, 5.74) is -2.17. The molecule has 1 aromatic heterocycles. The van der Waals surface area contributed by atoms with Gasteiger partial charge in [0.2, 0.25) is 0 Å². The van der Waals surface area contributed by atoms with Gasteiger partial charge >= 0.3 is 11.9 Å². The van der Waals surface area contributed by atoms with Crippen molar-refractivity contribution in [3.05, 3.63) is 47.1 Å². The maximum atomic E-state index is 12.8. The SMILES string of the molecule is C=CC1C(CC(=O)O)C(C(=O)OC)=CC2(CCCC2)C1OC1OC(CO)C2(C=c3cc[n-]c3=C(CCO)O2)C(O)C1O. The van der Waals surface area contributed by atoms with Gasteiger partial charge in [-0.15, -0.1) is 6.58 Å². The summed E-state index contributed by atoms with van der Waals surface area (Å²) in [6.07, 6.45) is 2.37. The number of rotatable bonds is 9. The monoisotopic (exact) mass is 588 g/mol. The first kappa shape index (κ1) is 30.5. The highest BCUT2D eigenvalue weighted by atomic mass is 16.7. The van der Waals surface area contributed by atoms with Crippen LogP contribution in [0.4, 0.5) is 0 Å². The van der Waals surface area contributed by atoms with Crippen LogP contribution in [0.2, 0.25) is 0 Å². The molecule has 2 spiro atoms. The molecule has 2 aliphatic heterocycles. The van der Waals surface area contributed by atoms with Crippen molar-refractivity contribution in [1.82, 2.24) is 4.98 Å². The van der Waals surface area contributed by atoms with Crippen molar-refractivity contribution in [2.24, 2.45) is 17.3 Å². The topological polar surface area (TPSA) is 186 Å². The summed E-state index contributed by atoms with van der Waals surface area (Å²) in [4.78, 5) is 29.0. The minimum absolute atomic E-state index is 0.0892. The number of aliphatic carboxylic acids is 1. The number of aliphatic hydroxyl groups is 4. The van der Waals surface area contributed by atoms with E-state index in [1.54, 1.807) is 30.5 Å². The fourth-order valence-electron chi connectivity index (χ4n) is 7.24. The summed E-state index contributed by atoms with van der Waals surface area (Å²) < 4.78 is 23.8. The summed E-state index contributed by atoms with van der Waals surface area (Å²) in [5.74, 6) is -2.94. The van der Waals surface area contributed by atoms with Gasteiger partial charge in [0.25, 0.3) is 0 Å². The van der Waals surface area contributed by atoms with E-state index in [0.29, 0.717) is 23.4 Å². The molecule has 1 saturated heterocycles. The lowest BCUT2D eigenvalue weighted by Gasteiger charge is -2.53. The van der Waals surface area contributed by atoms with Crippen molar-refractivity contribution in [1.29, 1.82) is 0 Å². The molecule has 230 valence electrons. The summed E-state index contributed by atoms with van der Waals surface area (Å²) in [7, 11) is 1.24. The number of aromatic nitrogens is 1. The highest BCUT2D eigenvalue weighted by Crippen LogP contribution is 2.54. The fourth-order valence-corrected chi connectivity index (χ4v) is 7.24. The first-order chi connectivity index (χ1) is 20.1. The number of carboxylic acid groups (broad SMARTS) is 1. The van der Waals surface area contributed by atoms with Crippen LogP contribution in [-0.4, -0.2) is 94.1 Å². The third-order valence-electron chi connectivity index (χ3n) is 9.17. The van der Waals surface area contributed by atoms with E-state index in [0.717, 1.165) is 12.8 Å². The molecule has 1 aromatic rings. The normalized spacial score (nSPS) is 35.2. The van der Waals surface area contributed by atoms with Gasteiger partial charge in [-0.1, -0.05) is 36.4 Å². The van der Waals surface area contributed by atoms with Crippen molar-refractivity contribution in [2.75, 3.05) is 20.3 Å². The van der Waals surface area contributed by atoms with Gasteiger partial charge in [-0.3, -0.25) is 4.79 Å². The van der Waals surface area contributed by atoms with Gasteiger partial charge in [0.05, 0.1) is 38.6 Å². The van der Waals surface area contributed by atoms with Gasteiger partial charge in [0, 0.05) is 29.2 Å². The number of esters is 1. The molecular weight excluding hydrogens is 550 g/mol. The van der Waals surface area contributed by atoms with Crippen molar-refractivity contribution < 1.29 is 54.1 Å². The maximum Gasteiger partial charge on any atom is 0.333 e. The van der Waals surface area contributed by atoms with Crippen molar-refractivity contribution >= 4 is 23.8 Å². The molecule has 0 radical (unpaired) electrons. The van der Waals surface area contributed by atoms with Crippen LogP contribution in [0.3, 0.4) is 0 Å². The minimum Gasteiger partial charge on any atom is -0.661 e. The van der Waals surface area contributed by atoms with Crippen LogP contribution in [-0.2, 0) is 28.5 Å². The Hall–Kier alpha value is -3.00. The van der Waals surface area contributed by atoms with E-state index in [4.69, 9.17) is 18.9 Å². The number of carboxylic acids is 1. The predicted molar refractivity (Wildman–Crippen MR) is 145 cm³/mol. The molecule has 12 nitrogen and oxygen atoms in total. The van der Waals surface area contributed by atoms with Gasteiger partial charge in [0.15, 0.2) is 11.9 Å². The van der Waals surface area contributed by atoms with Crippen LogP contribution in [0.15, 0.2) is 36.6 Å². The molecule has 42 heavy (non-hydrogen) atoms. The Morgan fingerprint density at radius 3 is 2.57 bits per heavy atom. The van der Waals surface area contributed by atoms with E-state index in [1.165, 1.54) is 7.11 Å². The van der Waals surface area contributed by atoms with Crippen LogP contribution < -0.4 is 15.6 Å². The minimum atomic E-state index is -1.71. The number of fused-ring (bicyclic) bond motifs is 1. The number of nitrogens with zero attached hydrogens (tertiary/aromatic N) is 1. The zero-order chi connectivity index (χ0) is 30.2. The van der Waals surface area contributed by atoms with Crippen LogP contribution in [0.25, 0.3) is 11.8 Å². The molecule has 0 bridgehead atoms. The first-order valence-corrected chi connectivity index (χ1v) is 14.2. The van der Waals surface area contributed by atoms with Gasteiger partial charge in [-0.05, 0) is 24.1 Å². The zero-order valence-electron chi connectivity index (χ0n) is 23.4. The van der Waals surface area contributed by atoms with E-state index >= 15 is 0 Å². The molecule has 2 aliphatic carbocycles. The molecule has 8 unspecified atom stereocenters. The number of ether oxygens (including phenoxy) is 4. The fraction of sp³-hybridized carbons (Fsp3) is 0.600. The lowest BCUT2D eigenvalue weighted by atomic mass is 9.62. The largest absolute Gasteiger partial charge is 0.661 e. The Kier molecular flexibility index (Phi) is 8.66. The molecule has 1 saturated carbocycles. The van der Waals surface area contributed by atoms with E-state index in [1.807, 2.05) is 0 Å². The molecule has 0 aromatic carbocycles. The number of hydrogen-bond acceptors (Lipinski definition) is 10. The lowest BCUT2D eigenvalue weighted by Crippen LogP contribution is -2.69. The molecule has 12 heteroatoms. The summed E-state index contributed by atoms with van der Waals surface area (Å²) in [6.45, 7) is 3.08. The third-order valence-corrected chi connectivity index (χ3v) is 9.17. The standard InChI is InChI=1S/C30H38NO11/c1-3-17-18(12-22(34)35)19(27(38)39-2)14-29(8-4-5-9-29)26(17)41-28-24(36)25(37)30(21(15-33)40-28)13-16-6-10-31-23(16)20(42-30)7-11-32/h3,6,10,13-14,17-18,21,24-26,28,32-33,36-37H,1,4-5,7-9,11-12,15H2,2H3,(H,34,35)/q-1. The van der Waals surface area contributed by atoms with E-state index in [2.05, 4.69) is 11.6 Å². The Morgan fingerprint density at radius 2 is 1.95 bits per heavy atom. The van der Waals surface area contributed by atoms with Crippen molar-refractivity contribution in [3.8, 4) is 0 Å².